The van der Waals surface area contributed by atoms with Crippen LogP contribution in [0.1, 0.15) is 51.5 Å². The predicted octanol–water partition coefficient (Wildman–Crippen LogP) is 2.98. The number of anilines is 1. The lowest BCUT2D eigenvalue weighted by Crippen LogP contribution is -2.46. The number of hydrogen-bond donors (Lipinski definition) is 3. The number of carbonyl (C=O) groups excluding carboxylic acids is 1. The van der Waals surface area contributed by atoms with Crippen LogP contribution in [-0.4, -0.2) is 62.7 Å². The third kappa shape index (κ3) is 7.51. The number of rotatable bonds is 10. The van der Waals surface area contributed by atoms with Crippen LogP contribution in [0, 0.1) is 5.41 Å². The Balaban J connectivity index is 1.48. The summed E-state index contributed by atoms with van der Waals surface area (Å²) >= 11 is 0. The first-order chi connectivity index (χ1) is 15.1. The topological polar surface area (TPSA) is 78.0 Å². The molecular weight excluding hydrogens is 390 g/mol. The van der Waals surface area contributed by atoms with Crippen molar-refractivity contribution >= 4 is 17.6 Å². The number of benzene rings is 1. The van der Waals surface area contributed by atoms with Crippen LogP contribution in [0.4, 0.5) is 5.69 Å². The van der Waals surface area contributed by atoms with Crippen LogP contribution < -0.4 is 16.0 Å². The Morgan fingerprint density at radius 3 is 2.68 bits per heavy atom. The zero-order valence-corrected chi connectivity index (χ0v) is 19.2. The highest BCUT2D eigenvalue weighted by Gasteiger charge is 2.34. The summed E-state index contributed by atoms with van der Waals surface area (Å²) in [6.07, 6.45) is 5.67. The number of guanidine groups is 1. The zero-order chi connectivity index (χ0) is 21.9. The van der Waals surface area contributed by atoms with Gasteiger partial charge in [-0.15, -0.1) is 0 Å². The Labute approximate surface area is 187 Å². The van der Waals surface area contributed by atoms with Crippen molar-refractivity contribution in [1.29, 1.82) is 0 Å². The fourth-order valence-electron chi connectivity index (χ4n) is 4.17. The Hall–Kier alpha value is -2.12. The summed E-state index contributed by atoms with van der Waals surface area (Å²) in [5.41, 5.74) is 2.36. The number of ether oxygens (including phenoxy) is 1. The molecule has 1 aliphatic heterocycles. The first-order valence-corrected chi connectivity index (χ1v) is 11.8. The molecule has 0 unspecified atom stereocenters. The number of carbonyl (C=O) groups is 1. The third-order valence-electron chi connectivity index (χ3n) is 6.53. The van der Waals surface area contributed by atoms with Crippen molar-refractivity contribution in [3.05, 3.63) is 29.8 Å². The molecule has 3 rings (SSSR count). The van der Waals surface area contributed by atoms with Gasteiger partial charge >= 0.3 is 0 Å². The second-order valence-electron chi connectivity index (χ2n) is 8.71. The lowest BCUT2D eigenvalue weighted by Gasteiger charge is -2.41. The molecule has 1 heterocycles. The van der Waals surface area contributed by atoms with Gasteiger partial charge in [0.05, 0.1) is 19.8 Å². The Morgan fingerprint density at radius 1 is 1.19 bits per heavy atom. The van der Waals surface area contributed by atoms with E-state index in [1.165, 1.54) is 25.7 Å². The molecule has 1 aromatic carbocycles. The molecule has 0 radical (unpaired) electrons. The molecule has 7 heteroatoms. The maximum absolute atomic E-state index is 12.3. The predicted molar refractivity (Wildman–Crippen MR) is 126 cm³/mol. The van der Waals surface area contributed by atoms with E-state index in [4.69, 9.17) is 9.73 Å². The molecule has 2 fully saturated rings. The van der Waals surface area contributed by atoms with Crippen LogP contribution in [0.5, 0.6) is 0 Å². The maximum atomic E-state index is 12.3. The van der Waals surface area contributed by atoms with Gasteiger partial charge in [0.2, 0.25) is 5.91 Å². The molecule has 1 saturated heterocycles. The number of amides is 1. The van der Waals surface area contributed by atoms with Gasteiger partial charge in [-0.2, -0.15) is 0 Å². The molecular formula is C24H39N5O2. The van der Waals surface area contributed by atoms with Gasteiger partial charge in [-0.3, -0.25) is 9.69 Å². The molecule has 172 valence electrons. The standard InChI is InChI=1S/C24H39N5O2/c1-3-24(10-6-11-24)19-27-23(25-4-2)26-18-20-7-5-8-21(17-20)28-22(30)9-12-29-13-15-31-16-14-29/h5,7-8,17H,3-4,6,9-16,18-19H2,1-2H3,(H,28,30)(H2,25,26,27). The third-order valence-corrected chi connectivity index (χ3v) is 6.53. The number of hydrogen-bond acceptors (Lipinski definition) is 4. The number of morpholine rings is 1. The van der Waals surface area contributed by atoms with E-state index >= 15 is 0 Å². The fourth-order valence-corrected chi connectivity index (χ4v) is 4.17. The number of nitrogens with zero attached hydrogens (tertiary/aromatic N) is 2. The van der Waals surface area contributed by atoms with Crippen LogP contribution >= 0.6 is 0 Å². The Morgan fingerprint density at radius 2 is 2.00 bits per heavy atom. The van der Waals surface area contributed by atoms with Gasteiger partial charge in [0.1, 0.15) is 0 Å². The van der Waals surface area contributed by atoms with Crippen molar-refractivity contribution in [3.63, 3.8) is 0 Å². The van der Waals surface area contributed by atoms with Crippen molar-refractivity contribution < 1.29 is 9.53 Å². The van der Waals surface area contributed by atoms with E-state index in [2.05, 4.69) is 40.8 Å². The van der Waals surface area contributed by atoms with Gasteiger partial charge in [0.15, 0.2) is 5.96 Å². The molecule has 1 aromatic rings. The summed E-state index contributed by atoms with van der Waals surface area (Å²) in [6.45, 7) is 10.9. The summed E-state index contributed by atoms with van der Waals surface area (Å²) in [7, 11) is 0. The molecule has 0 aromatic heterocycles. The van der Waals surface area contributed by atoms with E-state index in [1.54, 1.807) is 0 Å². The average molecular weight is 430 g/mol. The fraction of sp³-hybridized carbons (Fsp3) is 0.667. The van der Waals surface area contributed by atoms with Crippen LogP contribution in [-0.2, 0) is 16.1 Å². The van der Waals surface area contributed by atoms with Crippen molar-refractivity contribution in [2.75, 3.05) is 51.3 Å². The first kappa shape index (κ1) is 23.5. The molecule has 2 aliphatic rings. The van der Waals surface area contributed by atoms with Crippen molar-refractivity contribution in [1.82, 2.24) is 15.5 Å². The van der Waals surface area contributed by atoms with Crippen LogP contribution in [0.3, 0.4) is 0 Å². The highest BCUT2D eigenvalue weighted by molar-refractivity contribution is 5.90. The maximum Gasteiger partial charge on any atom is 0.225 e. The molecule has 0 atom stereocenters. The minimum atomic E-state index is 0.0486. The van der Waals surface area contributed by atoms with Gasteiger partial charge in [0, 0.05) is 44.8 Å². The largest absolute Gasteiger partial charge is 0.379 e. The summed E-state index contributed by atoms with van der Waals surface area (Å²) in [6, 6.07) is 7.98. The van der Waals surface area contributed by atoms with E-state index in [-0.39, 0.29) is 5.91 Å². The zero-order valence-electron chi connectivity index (χ0n) is 19.2. The summed E-state index contributed by atoms with van der Waals surface area (Å²) < 4.78 is 5.35. The normalized spacial score (nSPS) is 18.8. The van der Waals surface area contributed by atoms with E-state index in [0.29, 0.717) is 18.4 Å². The first-order valence-electron chi connectivity index (χ1n) is 11.8. The van der Waals surface area contributed by atoms with Gasteiger partial charge < -0.3 is 20.7 Å². The highest BCUT2D eigenvalue weighted by Crippen LogP contribution is 2.42. The monoisotopic (exact) mass is 429 g/mol. The van der Waals surface area contributed by atoms with E-state index in [0.717, 1.165) is 63.1 Å². The van der Waals surface area contributed by atoms with Crippen LogP contribution in [0.15, 0.2) is 29.3 Å². The molecule has 0 spiro atoms. The average Bonchev–Trinajstić information content (AvgIpc) is 2.76. The quantitative estimate of drug-likeness (QED) is 0.394. The molecule has 3 N–H and O–H groups in total. The van der Waals surface area contributed by atoms with Gasteiger partial charge in [-0.05, 0) is 49.3 Å². The molecule has 7 nitrogen and oxygen atoms in total. The molecule has 1 aliphatic carbocycles. The van der Waals surface area contributed by atoms with Crippen molar-refractivity contribution in [2.24, 2.45) is 10.4 Å². The molecule has 0 bridgehead atoms. The summed E-state index contributed by atoms with van der Waals surface area (Å²) in [4.78, 5) is 19.4. The molecule has 31 heavy (non-hydrogen) atoms. The van der Waals surface area contributed by atoms with Gasteiger partial charge in [0.25, 0.3) is 0 Å². The lowest BCUT2D eigenvalue weighted by molar-refractivity contribution is -0.116. The van der Waals surface area contributed by atoms with Crippen molar-refractivity contribution in [2.45, 2.75) is 52.5 Å². The van der Waals surface area contributed by atoms with Crippen molar-refractivity contribution in [3.8, 4) is 0 Å². The number of nitrogens with one attached hydrogen (secondary N) is 3. The lowest BCUT2D eigenvalue weighted by atomic mass is 9.67. The van der Waals surface area contributed by atoms with E-state index in [1.807, 2.05) is 18.2 Å². The van der Waals surface area contributed by atoms with Crippen LogP contribution in [0.2, 0.25) is 0 Å². The highest BCUT2D eigenvalue weighted by atomic mass is 16.5. The Bertz CT molecular complexity index is 721. The smallest absolute Gasteiger partial charge is 0.225 e. The van der Waals surface area contributed by atoms with E-state index < -0.39 is 0 Å². The van der Waals surface area contributed by atoms with Gasteiger partial charge in [-0.1, -0.05) is 25.5 Å². The van der Waals surface area contributed by atoms with E-state index in [9.17, 15) is 4.79 Å². The second kappa shape index (κ2) is 12.1. The van der Waals surface area contributed by atoms with Gasteiger partial charge in [-0.25, -0.2) is 4.99 Å². The summed E-state index contributed by atoms with van der Waals surface area (Å²) in [5, 5.41) is 9.91. The minimum Gasteiger partial charge on any atom is -0.379 e. The molecule has 1 saturated carbocycles. The SMILES string of the molecule is CCNC(=NCc1cccc(NC(=O)CCN2CCOCC2)c1)NCC1(CC)CCC1. The number of aliphatic imine (C=N–C) groups is 1. The summed E-state index contributed by atoms with van der Waals surface area (Å²) in [5.74, 6) is 0.912. The molecule has 1 amide bonds. The van der Waals surface area contributed by atoms with Crippen LogP contribution in [0.25, 0.3) is 0 Å². The second-order valence-corrected chi connectivity index (χ2v) is 8.71. The minimum absolute atomic E-state index is 0.0486. The Kier molecular flexibility index (Phi) is 9.15.